The number of nitrogen functional groups attached to an aromatic ring is 1. The van der Waals surface area contributed by atoms with Gasteiger partial charge in [-0.1, -0.05) is 6.07 Å². The van der Waals surface area contributed by atoms with Gasteiger partial charge in [-0.25, -0.2) is 0 Å². The van der Waals surface area contributed by atoms with Crippen molar-refractivity contribution in [3.63, 3.8) is 0 Å². The Labute approximate surface area is 113 Å². The number of rotatable bonds is 1. The van der Waals surface area contributed by atoms with Crippen LogP contribution in [0.15, 0.2) is 18.2 Å². The lowest BCUT2D eigenvalue weighted by Crippen LogP contribution is -2.35. The van der Waals surface area contributed by atoms with Crippen molar-refractivity contribution < 1.29 is 9.53 Å². The predicted molar refractivity (Wildman–Crippen MR) is 74.8 cm³/mol. The van der Waals surface area contributed by atoms with Crippen LogP contribution in [-0.4, -0.2) is 19.1 Å². The van der Waals surface area contributed by atoms with Crippen molar-refractivity contribution in [2.75, 3.05) is 24.3 Å². The Hall–Kier alpha value is -1.55. The van der Waals surface area contributed by atoms with Crippen LogP contribution >= 0.6 is 0 Å². The molecule has 4 nitrogen and oxygen atoms in total. The Morgan fingerprint density at radius 1 is 1.26 bits per heavy atom. The van der Waals surface area contributed by atoms with Gasteiger partial charge in [0.2, 0.25) is 5.91 Å². The molecule has 2 aliphatic rings. The van der Waals surface area contributed by atoms with Crippen molar-refractivity contribution >= 4 is 17.3 Å². The molecule has 2 aliphatic heterocycles. The smallest absolute Gasteiger partial charge is 0.228 e. The van der Waals surface area contributed by atoms with Gasteiger partial charge in [-0.05, 0) is 49.3 Å². The first-order valence-corrected chi connectivity index (χ1v) is 7.01. The van der Waals surface area contributed by atoms with Crippen molar-refractivity contribution in [3.05, 3.63) is 23.8 Å². The third-order valence-corrected chi connectivity index (χ3v) is 4.23. The lowest BCUT2D eigenvalue weighted by Gasteiger charge is -2.30. The van der Waals surface area contributed by atoms with Crippen LogP contribution in [0.4, 0.5) is 11.4 Å². The number of anilines is 2. The molecule has 3 N–H and O–H groups in total. The van der Waals surface area contributed by atoms with Crippen LogP contribution < -0.4 is 11.1 Å². The van der Waals surface area contributed by atoms with Gasteiger partial charge < -0.3 is 15.8 Å². The standard InChI is InChI=1S/C15H20N2O2/c16-12-4-3-11-8-13(15(18)17-14(11)9-12)10-2-1-6-19-7-5-10/h3-4,9-10,13H,1-2,5-8,16H2,(H,17,18). The molecule has 102 valence electrons. The zero-order valence-electron chi connectivity index (χ0n) is 11.0. The highest BCUT2D eigenvalue weighted by Crippen LogP contribution is 2.34. The second-order valence-corrected chi connectivity index (χ2v) is 5.52. The van der Waals surface area contributed by atoms with Crippen molar-refractivity contribution in [1.82, 2.24) is 0 Å². The molecule has 0 bridgehead atoms. The predicted octanol–water partition coefficient (Wildman–Crippen LogP) is 2.20. The SMILES string of the molecule is Nc1ccc2c(c1)NC(=O)C(C1CCCOCC1)C2. The van der Waals surface area contributed by atoms with Crippen LogP contribution in [0.2, 0.25) is 0 Å². The Balaban J connectivity index is 1.80. The first-order chi connectivity index (χ1) is 9.24. The van der Waals surface area contributed by atoms with Crippen LogP contribution in [0.5, 0.6) is 0 Å². The topological polar surface area (TPSA) is 64.3 Å². The molecule has 0 spiro atoms. The highest BCUT2D eigenvalue weighted by molar-refractivity contribution is 5.96. The third-order valence-electron chi connectivity index (χ3n) is 4.23. The third kappa shape index (κ3) is 2.59. The number of carbonyl (C=O) groups is 1. The molecule has 4 heteroatoms. The molecule has 1 saturated heterocycles. The van der Waals surface area contributed by atoms with E-state index in [0.29, 0.717) is 11.6 Å². The maximum absolute atomic E-state index is 12.3. The number of ether oxygens (including phenoxy) is 1. The number of nitrogens with one attached hydrogen (secondary N) is 1. The molecular formula is C15H20N2O2. The lowest BCUT2D eigenvalue weighted by molar-refractivity contribution is -0.122. The normalized spacial score (nSPS) is 27.3. The Bertz CT molecular complexity index is 479. The van der Waals surface area contributed by atoms with Crippen molar-refractivity contribution in [2.24, 2.45) is 11.8 Å². The molecule has 2 heterocycles. The van der Waals surface area contributed by atoms with Crippen LogP contribution in [0.25, 0.3) is 0 Å². The minimum absolute atomic E-state index is 0.0813. The number of nitrogens with two attached hydrogens (primary N) is 1. The van der Waals surface area contributed by atoms with Gasteiger partial charge in [0.15, 0.2) is 0 Å². The summed E-state index contributed by atoms with van der Waals surface area (Å²) in [6.07, 6.45) is 3.96. The summed E-state index contributed by atoms with van der Waals surface area (Å²) >= 11 is 0. The average molecular weight is 260 g/mol. The molecule has 2 unspecified atom stereocenters. The number of amides is 1. The van der Waals surface area contributed by atoms with E-state index in [1.165, 1.54) is 5.56 Å². The molecule has 3 rings (SSSR count). The molecule has 0 aromatic heterocycles. The van der Waals surface area contributed by atoms with Crippen LogP contribution in [0.3, 0.4) is 0 Å². The molecule has 2 atom stereocenters. The van der Waals surface area contributed by atoms with Gasteiger partial charge in [0.05, 0.1) is 0 Å². The zero-order valence-corrected chi connectivity index (χ0v) is 11.0. The van der Waals surface area contributed by atoms with Crippen LogP contribution in [-0.2, 0) is 16.0 Å². The number of hydrogen-bond acceptors (Lipinski definition) is 3. The molecule has 1 fully saturated rings. The van der Waals surface area contributed by atoms with Crippen LogP contribution in [0, 0.1) is 11.8 Å². The highest BCUT2D eigenvalue weighted by atomic mass is 16.5. The quantitative estimate of drug-likeness (QED) is 0.761. The number of fused-ring (bicyclic) bond motifs is 1. The molecule has 1 amide bonds. The molecule has 0 aliphatic carbocycles. The van der Waals surface area contributed by atoms with Gasteiger partial charge in [-0.3, -0.25) is 4.79 Å². The molecule has 0 radical (unpaired) electrons. The summed E-state index contributed by atoms with van der Waals surface area (Å²) in [5, 5.41) is 3.01. The van der Waals surface area contributed by atoms with E-state index < -0.39 is 0 Å². The van der Waals surface area contributed by atoms with Gasteiger partial charge >= 0.3 is 0 Å². The van der Waals surface area contributed by atoms with Gasteiger partial charge in [0, 0.05) is 30.5 Å². The second kappa shape index (κ2) is 5.21. The van der Waals surface area contributed by atoms with E-state index in [-0.39, 0.29) is 11.8 Å². The molecule has 19 heavy (non-hydrogen) atoms. The molecule has 0 saturated carbocycles. The Morgan fingerprint density at radius 3 is 3.05 bits per heavy atom. The average Bonchev–Trinajstić information content (AvgIpc) is 2.66. The lowest BCUT2D eigenvalue weighted by atomic mass is 9.79. The maximum atomic E-state index is 12.3. The first kappa shape index (κ1) is 12.5. The minimum atomic E-state index is 0.0813. The summed E-state index contributed by atoms with van der Waals surface area (Å²) < 4.78 is 5.49. The largest absolute Gasteiger partial charge is 0.399 e. The van der Waals surface area contributed by atoms with Gasteiger partial charge in [-0.2, -0.15) is 0 Å². The zero-order chi connectivity index (χ0) is 13.2. The highest BCUT2D eigenvalue weighted by Gasteiger charge is 2.33. The van der Waals surface area contributed by atoms with Crippen molar-refractivity contribution in [2.45, 2.75) is 25.7 Å². The van der Waals surface area contributed by atoms with E-state index in [2.05, 4.69) is 5.32 Å². The maximum Gasteiger partial charge on any atom is 0.228 e. The number of benzene rings is 1. The Kier molecular flexibility index (Phi) is 3.42. The summed E-state index contributed by atoms with van der Waals surface area (Å²) in [4.78, 5) is 12.3. The fourth-order valence-corrected chi connectivity index (χ4v) is 3.16. The van der Waals surface area contributed by atoms with Gasteiger partial charge in [0.25, 0.3) is 0 Å². The minimum Gasteiger partial charge on any atom is -0.399 e. The van der Waals surface area contributed by atoms with E-state index in [0.717, 1.165) is 44.6 Å². The summed E-state index contributed by atoms with van der Waals surface area (Å²) in [5.74, 6) is 0.663. The molecule has 1 aromatic carbocycles. The van der Waals surface area contributed by atoms with Crippen molar-refractivity contribution in [1.29, 1.82) is 0 Å². The van der Waals surface area contributed by atoms with E-state index >= 15 is 0 Å². The van der Waals surface area contributed by atoms with E-state index in [1.54, 1.807) is 0 Å². The van der Waals surface area contributed by atoms with Gasteiger partial charge in [-0.15, -0.1) is 0 Å². The molecular weight excluding hydrogens is 240 g/mol. The monoisotopic (exact) mass is 260 g/mol. The van der Waals surface area contributed by atoms with Gasteiger partial charge in [0.1, 0.15) is 0 Å². The number of carbonyl (C=O) groups excluding carboxylic acids is 1. The van der Waals surface area contributed by atoms with E-state index in [4.69, 9.17) is 10.5 Å². The Morgan fingerprint density at radius 2 is 2.16 bits per heavy atom. The van der Waals surface area contributed by atoms with E-state index in [9.17, 15) is 4.79 Å². The fraction of sp³-hybridized carbons (Fsp3) is 0.533. The summed E-state index contributed by atoms with van der Waals surface area (Å²) in [6, 6.07) is 5.79. The summed E-state index contributed by atoms with van der Waals surface area (Å²) in [6.45, 7) is 1.61. The summed E-state index contributed by atoms with van der Waals surface area (Å²) in [7, 11) is 0. The fourth-order valence-electron chi connectivity index (χ4n) is 3.16. The van der Waals surface area contributed by atoms with Crippen LogP contribution in [0.1, 0.15) is 24.8 Å². The van der Waals surface area contributed by atoms with E-state index in [1.807, 2.05) is 18.2 Å². The second-order valence-electron chi connectivity index (χ2n) is 5.52. The summed E-state index contributed by atoms with van der Waals surface area (Å²) in [5.41, 5.74) is 8.53. The van der Waals surface area contributed by atoms with Crippen molar-refractivity contribution in [3.8, 4) is 0 Å². The molecule has 1 aromatic rings. The first-order valence-electron chi connectivity index (χ1n) is 7.01. The number of hydrogen-bond donors (Lipinski definition) is 2.